The number of likely N-dealkylation sites (tertiary alicyclic amines) is 1. The van der Waals surface area contributed by atoms with E-state index in [4.69, 9.17) is 0 Å². The first-order chi connectivity index (χ1) is 11.6. The predicted molar refractivity (Wildman–Crippen MR) is 96.5 cm³/mol. The molecule has 0 spiro atoms. The average molecular weight is 342 g/mol. The molecule has 0 aliphatic carbocycles. The number of Topliss-reactive ketones (excluding diaryl/α,β-unsaturated/α-hetero) is 1. The number of nitrogens with zero attached hydrogens (tertiary/aromatic N) is 2. The van der Waals surface area contributed by atoms with Gasteiger partial charge in [0.25, 0.3) is 5.91 Å². The SMILES string of the molecule is CCC1CCCCN1C(=O)c1csc(-c2ccccc2C(C)=O)n1. The van der Waals surface area contributed by atoms with Crippen LogP contribution >= 0.6 is 11.3 Å². The van der Waals surface area contributed by atoms with Crippen molar-refractivity contribution in [2.75, 3.05) is 6.54 Å². The Labute approximate surface area is 146 Å². The van der Waals surface area contributed by atoms with Gasteiger partial charge in [0.2, 0.25) is 0 Å². The van der Waals surface area contributed by atoms with E-state index in [1.807, 2.05) is 28.5 Å². The normalized spacial score (nSPS) is 17.8. The van der Waals surface area contributed by atoms with Gasteiger partial charge in [-0.05, 0) is 32.6 Å². The van der Waals surface area contributed by atoms with Gasteiger partial charge in [0.15, 0.2) is 5.78 Å². The van der Waals surface area contributed by atoms with Crippen LogP contribution in [-0.2, 0) is 0 Å². The standard InChI is InChI=1S/C19H22N2O2S/c1-3-14-8-6-7-11-21(14)19(23)17-12-24-18(20-17)16-10-5-4-9-15(16)13(2)22/h4-5,9-10,12,14H,3,6-8,11H2,1-2H3. The summed E-state index contributed by atoms with van der Waals surface area (Å²) in [5.74, 6) is 0.0279. The van der Waals surface area contributed by atoms with Gasteiger partial charge in [-0.25, -0.2) is 4.98 Å². The van der Waals surface area contributed by atoms with Gasteiger partial charge in [-0.3, -0.25) is 9.59 Å². The van der Waals surface area contributed by atoms with Crippen LogP contribution in [0.4, 0.5) is 0 Å². The van der Waals surface area contributed by atoms with Crippen molar-refractivity contribution in [3.63, 3.8) is 0 Å². The summed E-state index contributed by atoms with van der Waals surface area (Å²) < 4.78 is 0. The van der Waals surface area contributed by atoms with Crippen LogP contribution in [0.1, 0.15) is 60.4 Å². The van der Waals surface area contributed by atoms with E-state index in [9.17, 15) is 9.59 Å². The quantitative estimate of drug-likeness (QED) is 0.773. The lowest BCUT2D eigenvalue weighted by Gasteiger charge is -2.34. The Bertz CT molecular complexity index is 753. The molecule has 3 rings (SSSR count). The molecule has 2 heterocycles. The van der Waals surface area contributed by atoms with Crippen molar-refractivity contribution in [3.8, 4) is 10.6 Å². The zero-order chi connectivity index (χ0) is 17.1. The van der Waals surface area contributed by atoms with E-state index in [2.05, 4.69) is 11.9 Å². The van der Waals surface area contributed by atoms with Crippen LogP contribution in [0, 0.1) is 0 Å². The van der Waals surface area contributed by atoms with Gasteiger partial charge in [0.1, 0.15) is 10.7 Å². The average Bonchev–Trinajstić information content (AvgIpc) is 3.11. The van der Waals surface area contributed by atoms with E-state index >= 15 is 0 Å². The number of carbonyl (C=O) groups is 2. The number of thiazole rings is 1. The first-order valence-electron chi connectivity index (χ1n) is 8.48. The van der Waals surface area contributed by atoms with Gasteiger partial charge in [0, 0.05) is 29.1 Å². The summed E-state index contributed by atoms with van der Waals surface area (Å²) in [6.07, 6.45) is 4.31. The minimum Gasteiger partial charge on any atom is -0.334 e. The molecule has 1 atom stereocenters. The maximum Gasteiger partial charge on any atom is 0.273 e. The summed E-state index contributed by atoms with van der Waals surface area (Å²) in [5.41, 5.74) is 1.95. The zero-order valence-corrected chi connectivity index (χ0v) is 14.9. The maximum absolute atomic E-state index is 12.8. The van der Waals surface area contributed by atoms with Crippen LogP contribution in [0.2, 0.25) is 0 Å². The van der Waals surface area contributed by atoms with Gasteiger partial charge < -0.3 is 4.90 Å². The van der Waals surface area contributed by atoms with E-state index in [1.54, 1.807) is 13.0 Å². The van der Waals surface area contributed by atoms with Crippen molar-refractivity contribution < 1.29 is 9.59 Å². The molecule has 1 unspecified atom stereocenters. The van der Waals surface area contributed by atoms with Crippen molar-refractivity contribution in [1.29, 1.82) is 0 Å². The fourth-order valence-corrected chi connectivity index (χ4v) is 4.14. The summed E-state index contributed by atoms with van der Waals surface area (Å²) in [6.45, 7) is 4.50. The van der Waals surface area contributed by atoms with Crippen molar-refractivity contribution in [1.82, 2.24) is 9.88 Å². The van der Waals surface area contributed by atoms with Gasteiger partial charge >= 0.3 is 0 Å². The molecule has 0 N–H and O–H groups in total. The van der Waals surface area contributed by atoms with Gasteiger partial charge in [-0.1, -0.05) is 31.2 Å². The number of aromatic nitrogens is 1. The predicted octanol–water partition coefficient (Wildman–Crippen LogP) is 4.42. The summed E-state index contributed by atoms with van der Waals surface area (Å²) in [5, 5.41) is 2.55. The molecule has 0 saturated carbocycles. The molecule has 5 heteroatoms. The maximum atomic E-state index is 12.8. The largest absolute Gasteiger partial charge is 0.334 e. The Morgan fingerprint density at radius 3 is 2.83 bits per heavy atom. The first-order valence-corrected chi connectivity index (χ1v) is 9.36. The number of ketones is 1. The van der Waals surface area contributed by atoms with Crippen molar-refractivity contribution in [2.24, 2.45) is 0 Å². The molecule has 0 radical (unpaired) electrons. The molecule has 1 saturated heterocycles. The van der Waals surface area contributed by atoms with Gasteiger partial charge in [-0.2, -0.15) is 0 Å². The third-order valence-electron chi connectivity index (χ3n) is 4.62. The lowest BCUT2D eigenvalue weighted by atomic mass is 10.00. The molecule has 1 aliphatic heterocycles. The summed E-state index contributed by atoms with van der Waals surface area (Å²) in [4.78, 5) is 31.2. The van der Waals surface area contributed by atoms with Crippen molar-refractivity contribution in [3.05, 3.63) is 40.9 Å². The van der Waals surface area contributed by atoms with Crippen molar-refractivity contribution in [2.45, 2.75) is 45.6 Å². The molecular formula is C19H22N2O2S. The third kappa shape index (κ3) is 3.26. The number of hydrogen-bond acceptors (Lipinski definition) is 4. The topological polar surface area (TPSA) is 50.3 Å². The fraction of sp³-hybridized carbons (Fsp3) is 0.421. The summed E-state index contributed by atoms with van der Waals surface area (Å²) >= 11 is 1.42. The minimum atomic E-state index is 0.00996. The fourth-order valence-electron chi connectivity index (χ4n) is 3.31. The molecular weight excluding hydrogens is 320 g/mol. The number of rotatable bonds is 4. The lowest BCUT2D eigenvalue weighted by Crippen LogP contribution is -2.43. The van der Waals surface area contributed by atoms with Crippen LogP contribution in [0.25, 0.3) is 10.6 Å². The molecule has 4 nitrogen and oxygen atoms in total. The minimum absolute atomic E-state index is 0.00996. The van der Waals surface area contributed by atoms with E-state index in [1.165, 1.54) is 17.8 Å². The van der Waals surface area contributed by atoms with E-state index in [0.29, 0.717) is 17.3 Å². The van der Waals surface area contributed by atoms with Crippen molar-refractivity contribution >= 4 is 23.0 Å². The second-order valence-electron chi connectivity index (χ2n) is 6.20. The van der Waals surface area contributed by atoms with E-state index < -0.39 is 0 Å². The van der Waals surface area contributed by atoms with Crippen LogP contribution in [0.5, 0.6) is 0 Å². The molecule has 126 valence electrons. The number of piperidine rings is 1. The zero-order valence-electron chi connectivity index (χ0n) is 14.1. The number of hydrogen-bond donors (Lipinski definition) is 0. The molecule has 1 aromatic carbocycles. The van der Waals surface area contributed by atoms with Gasteiger partial charge in [0.05, 0.1) is 0 Å². The summed E-state index contributed by atoms with van der Waals surface area (Å²) in [6, 6.07) is 7.75. The molecule has 24 heavy (non-hydrogen) atoms. The Balaban J connectivity index is 1.88. The highest BCUT2D eigenvalue weighted by molar-refractivity contribution is 7.13. The number of amides is 1. The Hall–Kier alpha value is -2.01. The molecule has 1 aliphatic rings. The van der Waals surface area contributed by atoms with E-state index in [0.717, 1.165) is 36.4 Å². The highest BCUT2D eigenvalue weighted by atomic mass is 32.1. The first kappa shape index (κ1) is 16.8. The molecule has 1 amide bonds. The Kier molecular flexibility index (Phi) is 5.09. The number of benzene rings is 1. The molecule has 1 fully saturated rings. The van der Waals surface area contributed by atoms with E-state index in [-0.39, 0.29) is 11.7 Å². The Morgan fingerprint density at radius 2 is 2.08 bits per heavy atom. The Morgan fingerprint density at radius 1 is 1.29 bits per heavy atom. The monoisotopic (exact) mass is 342 g/mol. The molecule has 1 aromatic heterocycles. The van der Waals surface area contributed by atoms with Crippen LogP contribution in [0.15, 0.2) is 29.6 Å². The molecule has 0 bridgehead atoms. The lowest BCUT2D eigenvalue weighted by molar-refractivity contribution is 0.0603. The highest BCUT2D eigenvalue weighted by Gasteiger charge is 2.27. The highest BCUT2D eigenvalue weighted by Crippen LogP contribution is 2.29. The van der Waals surface area contributed by atoms with Crippen LogP contribution in [0.3, 0.4) is 0 Å². The third-order valence-corrected chi connectivity index (χ3v) is 5.49. The smallest absolute Gasteiger partial charge is 0.273 e. The number of carbonyl (C=O) groups excluding carboxylic acids is 2. The second kappa shape index (κ2) is 7.26. The molecule has 2 aromatic rings. The van der Waals surface area contributed by atoms with Crippen LogP contribution in [-0.4, -0.2) is 34.2 Å². The van der Waals surface area contributed by atoms with Crippen LogP contribution < -0.4 is 0 Å². The summed E-state index contributed by atoms with van der Waals surface area (Å²) in [7, 11) is 0. The second-order valence-corrected chi connectivity index (χ2v) is 7.05. The van der Waals surface area contributed by atoms with Gasteiger partial charge in [-0.15, -0.1) is 11.3 Å².